The molecule has 0 aliphatic carbocycles. The fourth-order valence-electron chi connectivity index (χ4n) is 4.58. The van der Waals surface area contributed by atoms with Gasteiger partial charge < -0.3 is 14.8 Å². The van der Waals surface area contributed by atoms with E-state index in [1.807, 2.05) is 0 Å². The zero-order chi connectivity index (χ0) is 25.9. The van der Waals surface area contributed by atoms with Crippen molar-refractivity contribution in [3.63, 3.8) is 0 Å². The van der Waals surface area contributed by atoms with Gasteiger partial charge in [-0.15, -0.1) is 10.2 Å². The monoisotopic (exact) mass is 507 g/mol. The number of fused-ring (bicyclic) bond motifs is 2. The van der Waals surface area contributed by atoms with Crippen molar-refractivity contribution in [1.82, 2.24) is 34.5 Å². The fraction of sp³-hybridized carbons (Fsp3) is 0.455. The number of alkyl halides is 4. The number of halogens is 4. The number of benzene rings is 1. The van der Waals surface area contributed by atoms with Crippen LogP contribution in [-0.4, -0.2) is 92.3 Å². The number of rotatable bonds is 7. The largest absolute Gasteiger partial charge is 0.479 e. The van der Waals surface area contributed by atoms with Crippen LogP contribution < -0.4 is 10.1 Å². The number of ether oxygens (including phenoxy) is 2. The Bertz CT molecular complexity index is 1470. The lowest BCUT2D eigenvalue weighted by Gasteiger charge is -2.34. The Balaban J connectivity index is 1.36. The van der Waals surface area contributed by atoms with Crippen molar-refractivity contribution in [3.05, 3.63) is 30.4 Å². The van der Waals surface area contributed by atoms with Gasteiger partial charge in [-0.25, -0.2) is 26.8 Å². The number of hydrogen-bond acceptors (Lipinski definition) is 8. The molecular weight excluding hydrogens is 484 g/mol. The molecule has 1 atom stereocenters. The predicted molar refractivity (Wildman–Crippen MR) is 121 cm³/mol. The van der Waals surface area contributed by atoms with Crippen LogP contribution in [0.3, 0.4) is 0 Å². The molecule has 3 aromatic heterocycles. The van der Waals surface area contributed by atoms with E-state index in [1.54, 1.807) is 23.1 Å². The first-order chi connectivity index (χ1) is 17.7. The Labute approximate surface area is 203 Å². The van der Waals surface area contributed by atoms with Crippen molar-refractivity contribution in [3.8, 4) is 17.0 Å². The molecule has 0 bridgehead atoms. The summed E-state index contributed by atoms with van der Waals surface area (Å²) in [5.41, 5.74) is 2.24. The van der Waals surface area contributed by atoms with Gasteiger partial charge in [-0.3, -0.25) is 4.90 Å². The van der Waals surface area contributed by atoms with Crippen LogP contribution in [0.25, 0.3) is 27.7 Å². The van der Waals surface area contributed by atoms with Gasteiger partial charge in [0, 0.05) is 18.3 Å². The summed E-state index contributed by atoms with van der Waals surface area (Å²) in [6.07, 6.45) is -2.65. The summed E-state index contributed by atoms with van der Waals surface area (Å²) in [5.74, 6) is -3.06. The van der Waals surface area contributed by atoms with E-state index in [-0.39, 0.29) is 30.6 Å². The second-order valence-electron chi connectivity index (χ2n) is 8.84. The fourth-order valence-corrected chi connectivity index (χ4v) is 4.58. The minimum absolute atomic E-state index is 0.0352. The first-order valence-electron chi connectivity index (χ1n) is 11.8. The molecular formula is C22H22F4N8O2. The lowest BCUT2D eigenvalue weighted by molar-refractivity contribution is -0.0711. The van der Waals surface area contributed by atoms with Crippen LogP contribution in [0.2, 0.25) is 0 Å². The summed E-state index contributed by atoms with van der Waals surface area (Å²) in [5, 5.41) is 14.7. The maximum atomic E-state index is 14.7. The van der Waals surface area contributed by atoms with E-state index >= 15 is 0 Å². The van der Waals surface area contributed by atoms with Crippen molar-refractivity contribution >= 4 is 22.5 Å². The van der Waals surface area contributed by atoms with E-state index in [4.69, 9.17) is 10.8 Å². The summed E-state index contributed by atoms with van der Waals surface area (Å²) in [6, 6.07) is 5.23. The summed E-state index contributed by atoms with van der Waals surface area (Å²) < 4.78 is 76.8. The van der Waals surface area contributed by atoms with E-state index in [9.17, 15) is 17.6 Å². The Morgan fingerprint density at radius 3 is 2.86 bits per heavy atom. The van der Waals surface area contributed by atoms with Gasteiger partial charge in [0.1, 0.15) is 23.6 Å². The third-order valence-corrected chi connectivity index (χ3v) is 6.51. The minimum atomic E-state index is -3.02. The third-order valence-electron chi connectivity index (χ3n) is 6.51. The molecule has 10 nitrogen and oxygen atoms in total. The molecule has 2 aliphatic rings. The van der Waals surface area contributed by atoms with Gasteiger partial charge in [-0.2, -0.15) is 4.98 Å². The molecule has 0 amide bonds. The molecule has 36 heavy (non-hydrogen) atoms. The van der Waals surface area contributed by atoms with Crippen LogP contribution in [0.15, 0.2) is 30.4 Å². The highest BCUT2D eigenvalue weighted by atomic mass is 19.3. The summed E-state index contributed by atoms with van der Waals surface area (Å²) in [7, 11) is 1.37. The van der Waals surface area contributed by atoms with E-state index in [0.717, 1.165) is 4.68 Å². The molecule has 0 radical (unpaired) electrons. The highest BCUT2D eigenvalue weighted by Crippen LogP contribution is 2.35. The molecule has 0 spiro atoms. The number of methoxy groups -OCH3 is 1. The van der Waals surface area contributed by atoms with Crippen molar-refractivity contribution in [1.29, 1.82) is 0 Å². The average molecular weight is 507 g/mol. The standard InChI is InChI=1S/C22H22F4N8O2/c1-35-20-19-14(12-2-3-15-16(6-12)34(31-29-15)8-18(23)24)4-5-33(19)30-21(28-20)27-17-7-32(11-22(17,25)26)13-9-36-10-13/h2-6,13,17-18H,7-11H2,1H3,(H,27,30)/t17-/m1/s1/i5D. The highest BCUT2D eigenvalue weighted by molar-refractivity contribution is 5.89. The molecule has 2 fully saturated rings. The first kappa shape index (κ1) is 21.7. The molecule has 4 aromatic rings. The highest BCUT2D eigenvalue weighted by Gasteiger charge is 2.51. The molecule has 0 saturated carbocycles. The van der Waals surface area contributed by atoms with E-state index in [2.05, 4.69) is 25.7 Å². The van der Waals surface area contributed by atoms with Gasteiger partial charge in [-0.1, -0.05) is 11.3 Å². The van der Waals surface area contributed by atoms with Gasteiger partial charge in [0.2, 0.25) is 11.8 Å². The number of aromatic nitrogens is 6. The summed E-state index contributed by atoms with van der Waals surface area (Å²) in [6.45, 7) is -0.0559. The quantitative estimate of drug-likeness (QED) is 0.382. The Kier molecular flexibility index (Phi) is 5.16. The Morgan fingerprint density at radius 2 is 2.14 bits per heavy atom. The Morgan fingerprint density at radius 1 is 1.31 bits per heavy atom. The molecule has 1 aromatic carbocycles. The van der Waals surface area contributed by atoms with E-state index < -0.39 is 31.5 Å². The lowest BCUT2D eigenvalue weighted by Crippen LogP contribution is -2.48. The minimum Gasteiger partial charge on any atom is -0.479 e. The lowest BCUT2D eigenvalue weighted by atomic mass is 10.1. The zero-order valence-corrected chi connectivity index (χ0v) is 19.0. The van der Waals surface area contributed by atoms with Crippen molar-refractivity contribution in [2.75, 3.05) is 38.7 Å². The molecule has 1 N–H and O–H groups in total. The normalized spacial score (nSPS) is 20.8. The smallest absolute Gasteiger partial charge is 0.281 e. The van der Waals surface area contributed by atoms with Crippen LogP contribution in [-0.2, 0) is 11.3 Å². The second kappa shape index (κ2) is 8.55. The van der Waals surface area contributed by atoms with Crippen molar-refractivity contribution < 1.29 is 28.4 Å². The van der Waals surface area contributed by atoms with Gasteiger partial charge in [0.05, 0.1) is 39.8 Å². The van der Waals surface area contributed by atoms with Gasteiger partial charge in [0.15, 0.2) is 0 Å². The molecule has 2 aliphatic heterocycles. The van der Waals surface area contributed by atoms with Crippen molar-refractivity contribution in [2.24, 2.45) is 0 Å². The van der Waals surface area contributed by atoms with Crippen LogP contribution >= 0.6 is 0 Å². The number of hydrogen-bond donors (Lipinski definition) is 1. The third kappa shape index (κ3) is 3.89. The molecule has 14 heteroatoms. The van der Waals surface area contributed by atoms with Crippen molar-refractivity contribution in [2.45, 2.75) is 31.0 Å². The topological polar surface area (TPSA) is 94.6 Å². The molecule has 190 valence electrons. The maximum Gasteiger partial charge on any atom is 0.281 e. The average Bonchev–Trinajstić information content (AvgIpc) is 3.45. The van der Waals surface area contributed by atoms with Crippen LogP contribution in [0.4, 0.5) is 23.5 Å². The second-order valence-corrected chi connectivity index (χ2v) is 8.84. The Hall–Kier alpha value is -3.52. The van der Waals surface area contributed by atoms with Gasteiger partial charge in [-0.05, 0) is 23.8 Å². The number of nitrogens with zero attached hydrogens (tertiary/aromatic N) is 7. The molecule has 6 rings (SSSR count). The molecule has 0 unspecified atom stereocenters. The number of nitrogens with one attached hydrogen (secondary N) is 1. The molecule has 2 saturated heterocycles. The van der Waals surface area contributed by atoms with E-state index in [0.29, 0.717) is 40.9 Å². The molecule has 5 heterocycles. The maximum absolute atomic E-state index is 14.7. The summed E-state index contributed by atoms with van der Waals surface area (Å²) >= 11 is 0. The van der Waals surface area contributed by atoms with Crippen LogP contribution in [0.1, 0.15) is 1.37 Å². The first-order valence-corrected chi connectivity index (χ1v) is 11.3. The predicted octanol–water partition coefficient (Wildman–Crippen LogP) is 2.54. The number of likely N-dealkylation sites (tertiary alicyclic amines) is 1. The van der Waals surface area contributed by atoms with Gasteiger partial charge in [0.25, 0.3) is 12.3 Å². The number of anilines is 1. The van der Waals surface area contributed by atoms with Crippen LogP contribution in [0, 0.1) is 0 Å². The van der Waals surface area contributed by atoms with Crippen LogP contribution in [0.5, 0.6) is 5.88 Å². The van der Waals surface area contributed by atoms with E-state index in [1.165, 1.54) is 17.7 Å². The van der Waals surface area contributed by atoms with Gasteiger partial charge >= 0.3 is 0 Å². The zero-order valence-electron chi connectivity index (χ0n) is 20.0. The SMILES string of the molecule is [2H]c1cc(-c2ccc3nnn(CC(F)F)c3c2)c2c(OC)nc(N[C@@H]3CN(C4COC4)CC3(F)F)nn12. The summed E-state index contributed by atoms with van der Waals surface area (Å²) in [4.78, 5) is 5.99.